The fourth-order valence-electron chi connectivity index (χ4n) is 3.32. The van der Waals surface area contributed by atoms with E-state index in [2.05, 4.69) is 20.6 Å². The van der Waals surface area contributed by atoms with E-state index in [4.69, 9.17) is 0 Å². The number of aromatic nitrogens is 2. The molecule has 0 unspecified atom stereocenters. The van der Waals surface area contributed by atoms with Gasteiger partial charge in [-0.3, -0.25) is 30.0 Å². The summed E-state index contributed by atoms with van der Waals surface area (Å²) in [6, 6.07) is 4.66. The summed E-state index contributed by atoms with van der Waals surface area (Å²) in [7, 11) is 0. The number of carbonyl (C=O) groups is 4. The number of thiazole rings is 1. The maximum absolute atomic E-state index is 12.6. The number of carbonyl (C=O) groups excluding carboxylic acids is 4. The number of pyridine rings is 1. The van der Waals surface area contributed by atoms with Crippen molar-refractivity contribution in [2.45, 2.75) is 25.8 Å². The number of amides is 5. The molecule has 11 heteroatoms. The van der Waals surface area contributed by atoms with Gasteiger partial charge in [0.05, 0.1) is 12.2 Å². The van der Waals surface area contributed by atoms with Gasteiger partial charge in [0.15, 0.2) is 5.13 Å². The van der Waals surface area contributed by atoms with Gasteiger partial charge in [0.2, 0.25) is 11.8 Å². The summed E-state index contributed by atoms with van der Waals surface area (Å²) in [5.41, 5.74) is 1.19. The first kappa shape index (κ1) is 20.0. The van der Waals surface area contributed by atoms with Crippen LogP contribution in [0, 0.1) is 0 Å². The minimum atomic E-state index is -0.448. The number of urea groups is 1. The standard InChI is InChI=1S/C19H20N6O4S/c26-15-5-9-24(19(29)22-15)10-6-16(27)25-8-4-12-14(11-25)30-18(21-12)23-17(28)13-3-1-2-7-20-13/h1-3,7H,4-6,8-11H2,(H,21,23,28)(H,22,26,29). The third-order valence-corrected chi connectivity index (χ3v) is 5.94. The highest BCUT2D eigenvalue weighted by Gasteiger charge is 2.27. The number of fused-ring (bicyclic) bond motifs is 1. The van der Waals surface area contributed by atoms with Gasteiger partial charge in [-0.1, -0.05) is 17.4 Å². The smallest absolute Gasteiger partial charge is 0.324 e. The first-order chi connectivity index (χ1) is 14.5. The van der Waals surface area contributed by atoms with E-state index in [9.17, 15) is 19.2 Å². The number of nitrogens with zero attached hydrogens (tertiary/aromatic N) is 4. The zero-order valence-electron chi connectivity index (χ0n) is 16.1. The summed E-state index contributed by atoms with van der Waals surface area (Å²) in [6.07, 6.45) is 2.60. The minimum Gasteiger partial charge on any atom is -0.337 e. The molecule has 10 nitrogen and oxygen atoms in total. The Bertz CT molecular complexity index is 992. The van der Waals surface area contributed by atoms with Crippen LogP contribution in [-0.2, 0) is 22.6 Å². The second-order valence-corrected chi connectivity index (χ2v) is 8.05. The van der Waals surface area contributed by atoms with Crippen LogP contribution in [0.2, 0.25) is 0 Å². The van der Waals surface area contributed by atoms with E-state index in [1.807, 2.05) is 0 Å². The van der Waals surface area contributed by atoms with Crippen LogP contribution in [0.15, 0.2) is 24.4 Å². The molecule has 2 aliphatic rings. The Morgan fingerprint density at radius 3 is 2.83 bits per heavy atom. The van der Waals surface area contributed by atoms with E-state index in [0.29, 0.717) is 36.9 Å². The van der Waals surface area contributed by atoms with Crippen LogP contribution in [0.3, 0.4) is 0 Å². The molecule has 0 saturated carbocycles. The Labute approximate surface area is 176 Å². The van der Waals surface area contributed by atoms with Gasteiger partial charge in [-0.2, -0.15) is 0 Å². The van der Waals surface area contributed by atoms with Crippen molar-refractivity contribution >= 4 is 40.2 Å². The summed E-state index contributed by atoms with van der Waals surface area (Å²) in [5, 5.41) is 5.50. The van der Waals surface area contributed by atoms with E-state index in [0.717, 1.165) is 10.6 Å². The molecule has 2 aromatic rings. The molecule has 4 heterocycles. The number of hydrogen-bond acceptors (Lipinski definition) is 7. The Balaban J connectivity index is 1.32. The maximum atomic E-state index is 12.6. The topological polar surface area (TPSA) is 125 Å². The molecule has 156 valence electrons. The lowest BCUT2D eigenvalue weighted by atomic mass is 10.1. The monoisotopic (exact) mass is 428 g/mol. The quantitative estimate of drug-likeness (QED) is 0.732. The second kappa shape index (κ2) is 8.57. The average Bonchev–Trinajstić information content (AvgIpc) is 3.15. The molecule has 0 aliphatic carbocycles. The summed E-state index contributed by atoms with van der Waals surface area (Å²) < 4.78 is 0. The Hall–Kier alpha value is -3.34. The van der Waals surface area contributed by atoms with Gasteiger partial charge in [0.1, 0.15) is 5.69 Å². The van der Waals surface area contributed by atoms with Gasteiger partial charge in [-0.25, -0.2) is 9.78 Å². The molecule has 0 atom stereocenters. The maximum Gasteiger partial charge on any atom is 0.324 e. The SMILES string of the molecule is O=C1CCN(CCC(=O)N2CCc3nc(NC(=O)c4ccccn4)sc3C2)C(=O)N1. The Morgan fingerprint density at radius 2 is 2.07 bits per heavy atom. The number of nitrogens with one attached hydrogen (secondary N) is 2. The van der Waals surface area contributed by atoms with E-state index < -0.39 is 6.03 Å². The van der Waals surface area contributed by atoms with Gasteiger partial charge >= 0.3 is 6.03 Å². The highest BCUT2D eigenvalue weighted by atomic mass is 32.1. The van der Waals surface area contributed by atoms with Gasteiger partial charge in [0, 0.05) is 50.0 Å². The zero-order valence-corrected chi connectivity index (χ0v) is 16.9. The number of imide groups is 1. The summed E-state index contributed by atoms with van der Waals surface area (Å²) in [5.74, 6) is -0.673. The molecule has 0 aromatic carbocycles. The summed E-state index contributed by atoms with van der Waals surface area (Å²) in [4.78, 5) is 60.5. The third kappa shape index (κ3) is 4.46. The second-order valence-electron chi connectivity index (χ2n) is 6.96. The van der Waals surface area contributed by atoms with Gasteiger partial charge in [0.25, 0.3) is 5.91 Å². The fraction of sp³-hybridized carbons (Fsp3) is 0.368. The first-order valence-electron chi connectivity index (χ1n) is 9.57. The third-order valence-electron chi connectivity index (χ3n) is 4.94. The largest absolute Gasteiger partial charge is 0.337 e. The molecule has 2 aromatic heterocycles. The molecule has 2 aliphatic heterocycles. The molecule has 1 saturated heterocycles. The number of anilines is 1. The molecule has 4 rings (SSSR count). The molecule has 2 N–H and O–H groups in total. The van der Waals surface area contributed by atoms with E-state index in [-0.39, 0.29) is 37.1 Å². The van der Waals surface area contributed by atoms with Crippen LogP contribution >= 0.6 is 11.3 Å². The molecule has 0 bridgehead atoms. The van der Waals surface area contributed by atoms with Crippen molar-refractivity contribution in [2.24, 2.45) is 0 Å². The van der Waals surface area contributed by atoms with Crippen LogP contribution in [0.4, 0.5) is 9.93 Å². The Morgan fingerprint density at radius 1 is 1.20 bits per heavy atom. The first-order valence-corrected chi connectivity index (χ1v) is 10.4. The molecule has 0 radical (unpaired) electrons. The molecule has 0 spiro atoms. The predicted molar refractivity (Wildman–Crippen MR) is 108 cm³/mol. The van der Waals surface area contributed by atoms with Crippen LogP contribution in [0.25, 0.3) is 0 Å². The highest BCUT2D eigenvalue weighted by Crippen LogP contribution is 2.29. The average molecular weight is 428 g/mol. The number of hydrogen-bond donors (Lipinski definition) is 2. The van der Waals surface area contributed by atoms with Crippen LogP contribution < -0.4 is 10.6 Å². The van der Waals surface area contributed by atoms with Gasteiger partial charge in [-0.15, -0.1) is 0 Å². The minimum absolute atomic E-state index is 0.0576. The van der Waals surface area contributed by atoms with Crippen molar-refractivity contribution in [3.05, 3.63) is 40.7 Å². The van der Waals surface area contributed by atoms with E-state index >= 15 is 0 Å². The lowest BCUT2D eigenvalue weighted by Crippen LogP contribution is -2.50. The van der Waals surface area contributed by atoms with Crippen molar-refractivity contribution in [2.75, 3.05) is 25.0 Å². The van der Waals surface area contributed by atoms with Crippen LogP contribution in [-0.4, -0.2) is 63.2 Å². The van der Waals surface area contributed by atoms with Crippen LogP contribution in [0.1, 0.15) is 33.9 Å². The molecule has 30 heavy (non-hydrogen) atoms. The zero-order chi connectivity index (χ0) is 21.1. The lowest BCUT2D eigenvalue weighted by molar-refractivity contribution is -0.132. The molecular weight excluding hydrogens is 408 g/mol. The molecule has 1 fully saturated rings. The van der Waals surface area contributed by atoms with Crippen molar-refractivity contribution in [3.63, 3.8) is 0 Å². The van der Waals surface area contributed by atoms with E-state index in [1.54, 1.807) is 29.3 Å². The van der Waals surface area contributed by atoms with Crippen molar-refractivity contribution in [3.8, 4) is 0 Å². The van der Waals surface area contributed by atoms with Crippen LogP contribution in [0.5, 0.6) is 0 Å². The van der Waals surface area contributed by atoms with Gasteiger partial charge < -0.3 is 9.80 Å². The van der Waals surface area contributed by atoms with E-state index in [1.165, 1.54) is 16.2 Å². The molecular formula is C19H20N6O4S. The Kier molecular flexibility index (Phi) is 5.70. The lowest BCUT2D eigenvalue weighted by Gasteiger charge is -2.29. The predicted octanol–water partition coefficient (Wildman–Crippen LogP) is 1.01. The fourth-order valence-corrected chi connectivity index (χ4v) is 4.34. The highest BCUT2D eigenvalue weighted by molar-refractivity contribution is 7.15. The van der Waals surface area contributed by atoms with Crippen molar-refractivity contribution in [1.29, 1.82) is 0 Å². The van der Waals surface area contributed by atoms with Gasteiger partial charge in [-0.05, 0) is 12.1 Å². The van der Waals surface area contributed by atoms with Crippen molar-refractivity contribution < 1.29 is 19.2 Å². The number of rotatable bonds is 5. The van der Waals surface area contributed by atoms with Crippen molar-refractivity contribution in [1.82, 2.24) is 25.1 Å². The molecule has 5 amide bonds. The summed E-state index contributed by atoms with van der Waals surface area (Å²) in [6.45, 7) is 1.56. The summed E-state index contributed by atoms with van der Waals surface area (Å²) >= 11 is 1.35. The normalized spacial score (nSPS) is 16.1.